The molecule has 2 fully saturated rings. The van der Waals surface area contributed by atoms with E-state index in [0.717, 1.165) is 11.0 Å². The van der Waals surface area contributed by atoms with Crippen molar-refractivity contribution < 1.29 is 41.0 Å². The lowest BCUT2D eigenvalue weighted by Gasteiger charge is -2.37. The van der Waals surface area contributed by atoms with E-state index in [1.807, 2.05) is 4.90 Å². The zero-order valence-corrected chi connectivity index (χ0v) is 21.6. The van der Waals surface area contributed by atoms with Crippen molar-refractivity contribution in [3.63, 3.8) is 0 Å². The Morgan fingerprint density at radius 3 is 2.52 bits per heavy atom. The number of piperidine rings is 1. The van der Waals surface area contributed by atoms with Crippen LogP contribution in [0.4, 0.5) is 31.1 Å². The van der Waals surface area contributed by atoms with Crippen LogP contribution in [-0.4, -0.2) is 68.5 Å². The zero-order chi connectivity index (χ0) is 29.0. The van der Waals surface area contributed by atoms with Crippen molar-refractivity contribution in [1.29, 1.82) is 0 Å². The summed E-state index contributed by atoms with van der Waals surface area (Å²) in [6.07, 6.45) is -9.95. The number of aliphatic hydroxyl groups is 1. The number of allylic oxidation sites excluding steroid dienone is 1. The molecule has 3 aromatic rings. The number of imide groups is 1. The van der Waals surface area contributed by atoms with Gasteiger partial charge in [-0.2, -0.15) is 31.4 Å². The number of benzene rings is 2. The summed E-state index contributed by atoms with van der Waals surface area (Å²) in [6.45, 7) is 0.725. The molecule has 0 radical (unpaired) electrons. The summed E-state index contributed by atoms with van der Waals surface area (Å²) in [6, 6.07) is 5.23. The van der Waals surface area contributed by atoms with Gasteiger partial charge < -0.3 is 10.0 Å². The molecule has 5 rings (SSSR count). The first-order valence-electron chi connectivity index (χ1n) is 12.1. The van der Waals surface area contributed by atoms with E-state index in [-0.39, 0.29) is 23.1 Å². The van der Waals surface area contributed by atoms with Gasteiger partial charge >= 0.3 is 12.4 Å². The van der Waals surface area contributed by atoms with Gasteiger partial charge in [-0.25, -0.2) is 0 Å². The SMILES string of the molecule is CN1CC[C@H](N2C(=O)S/C(=C(/Cc3ccc(C(F)(F)F)cc3C(F)(F)F)c3ccc4[nH]ncc4c3)C2=O)[C@@H](O)C1. The molecule has 14 heteroatoms. The smallest absolute Gasteiger partial charge is 0.390 e. The minimum atomic E-state index is -5.12. The van der Waals surface area contributed by atoms with Gasteiger partial charge in [0.15, 0.2) is 0 Å². The third-order valence-electron chi connectivity index (χ3n) is 7.05. The number of hydrogen-bond acceptors (Lipinski definition) is 6. The van der Waals surface area contributed by atoms with Crippen molar-refractivity contribution in [3.8, 4) is 0 Å². The number of amides is 2. The lowest BCUT2D eigenvalue weighted by molar-refractivity contribution is -0.143. The summed E-state index contributed by atoms with van der Waals surface area (Å²) >= 11 is 0.536. The first-order valence-corrected chi connectivity index (χ1v) is 12.9. The van der Waals surface area contributed by atoms with Crippen molar-refractivity contribution in [1.82, 2.24) is 20.0 Å². The largest absolute Gasteiger partial charge is 0.416 e. The first-order chi connectivity index (χ1) is 18.7. The molecule has 3 heterocycles. The number of β-amino-alcohol motifs (C(OH)–C–C–N with tert-alkyl or cyclic N) is 1. The van der Waals surface area contributed by atoms with Gasteiger partial charge in [0.1, 0.15) is 0 Å². The highest BCUT2D eigenvalue weighted by Crippen LogP contribution is 2.43. The van der Waals surface area contributed by atoms with Crippen LogP contribution in [0.3, 0.4) is 0 Å². The fraction of sp³-hybridized carbons (Fsp3) is 0.346. The molecule has 2 atom stereocenters. The quantitative estimate of drug-likeness (QED) is 0.319. The van der Waals surface area contributed by atoms with Crippen LogP contribution in [-0.2, 0) is 23.6 Å². The van der Waals surface area contributed by atoms with Crippen LogP contribution >= 0.6 is 11.8 Å². The molecule has 2 aliphatic rings. The number of thioether (sulfide) groups is 1. The number of aliphatic hydroxyl groups excluding tert-OH is 1. The Hall–Kier alpha value is -3.36. The van der Waals surface area contributed by atoms with E-state index >= 15 is 0 Å². The van der Waals surface area contributed by atoms with Crippen molar-refractivity contribution in [3.05, 3.63) is 69.8 Å². The van der Waals surface area contributed by atoms with Crippen LogP contribution < -0.4 is 0 Å². The molecule has 0 spiro atoms. The molecule has 1 aromatic heterocycles. The summed E-state index contributed by atoms with van der Waals surface area (Å²) in [5, 5.41) is 17.1. The number of nitrogens with zero attached hydrogens (tertiary/aromatic N) is 3. The number of carbonyl (C=O) groups excluding carboxylic acids is 2. The standard InChI is InChI=1S/C26H22F6N4O3S/c1-35-7-6-20(21(37)12-35)36-23(38)22(40-24(36)39)17(13-3-5-19-15(8-13)11-33-34-19)9-14-2-4-16(25(27,28)29)10-18(14)26(30,31)32/h2-5,8,10-11,20-21,37H,6-7,9,12H2,1H3,(H,33,34)/b22-17-/t20-,21-/m0/s1. The first kappa shape index (κ1) is 28.2. The van der Waals surface area contributed by atoms with Crippen molar-refractivity contribution in [2.24, 2.45) is 0 Å². The number of fused-ring (bicyclic) bond motifs is 1. The number of carbonyl (C=O) groups is 2. The average Bonchev–Trinajstić information content (AvgIpc) is 3.45. The third-order valence-corrected chi connectivity index (χ3v) is 8.05. The molecule has 2 aromatic carbocycles. The molecule has 7 nitrogen and oxygen atoms in total. The Morgan fingerprint density at radius 1 is 1.10 bits per heavy atom. The van der Waals surface area contributed by atoms with Gasteiger partial charge in [-0.3, -0.25) is 19.6 Å². The van der Waals surface area contributed by atoms with E-state index < -0.39 is 58.8 Å². The molecular formula is C26H22F6N4O3S. The fourth-order valence-electron chi connectivity index (χ4n) is 5.03. The number of nitrogens with one attached hydrogen (secondary N) is 1. The Bertz CT molecular complexity index is 1520. The van der Waals surface area contributed by atoms with Crippen LogP contribution in [0.2, 0.25) is 0 Å². The van der Waals surface area contributed by atoms with Crippen LogP contribution in [0.5, 0.6) is 0 Å². The minimum Gasteiger partial charge on any atom is -0.390 e. The Kier molecular flexibility index (Phi) is 7.21. The molecule has 2 amide bonds. The summed E-state index contributed by atoms with van der Waals surface area (Å²) in [5.74, 6) is -0.772. The number of H-pyrrole nitrogens is 1. The maximum atomic E-state index is 14.0. The van der Waals surface area contributed by atoms with Gasteiger partial charge in [0.05, 0.1) is 39.9 Å². The van der Waals surface area contributed by atoms with E-state index in [0.29, 0.717) is 47.3 Å². The zero-order valence-electron chi connectivity index (χ0n) is 20.8. The van der Waals surface area contributed by atoms with Gasteiger partial charge in [-0.05, 0) is 72.6 Å². The Balaban J connectivity index is 1.63. The van der Waals surface area contributed by atoms with Crippen LogP contribution in [0, 0.1) is 0 Å². The average molecular weight is 585 g/mol. The lowest BCUT2D eigenvalue weighted by atomic mass is 9.92. The second kappa shape index (κ2) is 10.2. The maximum absolute atomic E-state index is 14.0. The van der Waals surface area contributed by atoms with Gasteiger partial charge in [0.2, 0.25) is 0 Å². The summed E-state index contributed by atoms with van der Waals surface area (Å²) < 4.78 is 81.7. The molecule has 2 N–H and O–H groups in total. The number of halogens is 6. The Labute approximate surface area is 227 Å². The highest BCUT2D eigenvalue weighted by molar-refractivity contribution is 8.18. The van der Waals surface area contributed by atoms with Gasteiger partial charge in [0.25, 0.3) is 11.1 Å². The van der Waals surface area contributed by atoms with Crippen LogP contribution in [0.25, 0.3) is 16.5 Å². The van der Waals surface area contributed by atoms with Gasteiger partial charge in [-0.1, -0.05) is 12.1 Å². The fourth-order valence-corrected chi connectivity index (χ4v) is 6.02. The van der Waals surface area contributed by atoms with Crippen molar-refractivity contribution >= 4 is 39.4 Å². The molecule has 212 valence electrons. The number of rotatable bonds is 4. The molecule has 40 heavy (non-hydrogen) atoms. The van der Waals surface area contributed by atoms with Crippen molar-refractivity contribution in [2.45, 2.75) is 37.3 Å². The second-order valence-corrected chi connectivity index (χ2v) is 10.7. The maximum Gasteiger partial charge on any atom is 0.416 e. The molecular weight excluding hydrogens is 562 g/mol. The van der Waals surface area contributed by atoms with Crippen LogP contribution in [0.15, 0.2) is 47.5 Å². The molecule has 0 aliphatic carbocycles. The van der Waals surface area contributed by atoms with E-state index in [2.05, 4.69) is 10.2 Å². The second-order valence-electron chi connectivity index (χ2n) is 9.75. The number of alkyl halides is 6. The molecule has 0 saturated carbocycles. The summed E-state index contributed by atoms with van der Waals surface area (Å²) in [4.78, 5) is 29.3. The van der Waals surface area contributed by atoms with E-state index in [1.54, 1.807) is 19.2 Å². The predicted molar refractivity (Wildman–Crippen MR) is 135 cm³/mol. The lowest BCUT2D eigenvalue weighted by Crippen LogP contribution is -2.54. The molecule has 0 unspecified atom stereocenters. The molecule has 2 saturated heterocycles. The van der Waals surface area contributed by atoms with Crippen LogP contribution in [0.1, 0.15) is 28.7 Å². The highest BCUT2D eigenvalue weighted by atomic mass is 32.2. The Morgan fingerprint density at radius 2 is 1.85 bits per heavy atom. The molecule has 2 aliphatic heterocycles. The predicted octanol–water partition coefficient (Wildman–Crippen LogP) is 5.31. The van der Waals surface area contributed by atoms with E-state index in [4.69, 9.17) is 0 Å². The number of likely N-dealkylation sites (N-methyl/N-ethyl adjacent to an activating group) is 1. The minimum absolute atomic E-state index is 0.0432. The number of aromatic nitrogens is 2. The normalized spacial score (nSPS) is 22.4. The summed E-state index contributed by atoms with van der Waals surface area (Å²) in [7, 11) is 1.78. The van der Waals surface area contributed by atoms with E-state index in [1.165, 1.54) is 12.3 Å². The van der Waals surface area contributed by atoms with E-state index in [9.17, 15) is 41.0 Å². The summed E-state index contributed by atoms with van der Waals surface area (Å²) in [5.41, 5.74) is -2.49. The number of hydrogen-bond donors (Lipinski definition) is 2. The monoisotopic (exact) mass is 584 g/mol. The topological polar surface area (TPSA) is 89.5 Å². The van der Waals surface area contributed by atoms with Crippen molar-refractivity contribution in [2.75, 3.05) is 20.1 Å². The molecule has 0 bridgehead atoms. The van der Waals surface area contributed by atoms with Gasteiger partial charge in [-0.15, -0.1) is 0 Å². The third kappa shape index (κ3) is 5.34. The number of aromatic amines is 1. The van der Waals surface area contributed by atoms with Gasteiger partial charge in [0, 0.05) is 18.5 Å². The highest BCUT2D eigenvalue weighted by Gasteiger charge is 2.45. The number of likely N-dealkylation sites (tertiary alicyclic amines) is 1.